The predicted octanol–water partition coefficient (Wildman–Crippen LogP) is 2.81. The molecular weight excluding hydrogens is 194 g/mol. The van der Waals surface area contributed by atoms with Crippen LogP contribution in [-0.4, -0.2) is 13.1 Å². The van der Waals surface area contributed by atoms with Crippen molar-refractivity contribution in [3.05, 3.63) is 41.8 Å². The average Bonchev–Trinajstić information content (AvgIpc) is 2.53. The van der Waals surface area contributed by atoms with E-state index in [1.807, 2.05) is 0 Å². The fourth-order valence-electron chi connectivity index (χ4n) is 3.47. The quantitative estimate of drug-likeness (QED) is 0.699. The SMILES string of the molecule is [CH]C1CC2(CCNCC2)c2cc(C)ccc21. The zero-order valence-electron chi connectivity index (χ0n) is 9.92. The van der Waals surface area contributed by atoms with E-state index in [-0.39, 0.29) is 5.92 Å². The molecule has 1 aromatic rings. The molecule has 1 nitrogen and oxygen atoms in total. The van der Waals surface area contributed by atoms with Crippen molar-refractivity contribution < 1.29 is 0 Å². The summed E-state index contributed by atoms with van der Waals surface area (Å²) in [7, 11) is 0. The Morgan fingerprint density at radius 2 is 2.06 bits per heavy atom. The van der Waals surface area contributed by atoms with Crippen LogP contribution in [0.15, 0.2) is 18.2 Å². The van der Waals surface area contributed by atoms with Gasteiger partial charge >= 0.3 is 0 Å². The van der Waals surface area contributed by atoms with Crippen molar-refractivity contribution in [2.75, 3.05) is 13.1 Å². The number of nitrogens with one attached hydrogen (secondary N) is 1. The number of hydrogen-bond acceptors (Lipinski definition) is 1. The summed E-state index contributed by atoms with van der Waals surface area (Å²) in [4.78, 5) is 0. The van der Waals surface area contributed by atoms with Crippen LogP contribution in [0.1, 0.15) is 41.9 Å². The normalized spacial score (nSPS) is 27.0. The van der Waals surface area contributed by atoms with Crippen LogP contribution >= 0.6 is 0 Å². The van der Waals surface area contributed by atoms with Gasteiger partial charge in [0.05, 0.1) is 0 Å². The fraction of sp³-hybridized carbons (Fsp3) is 0.533. The third kappa shape index (κ3) is 1.41. The highest BCUT2D eigenvalue weighted by Crippen LogP contribution is 2.50. The monoisotopic (exact) mass is 213 g/mol. The van der Waals surface area contributed by atoms with Crippen LogP contribution in [0.3, 0.4) is 0 Å². The van der Waals surface area contributed by atoms with Gasteiger partial charge < -0.3 is 5.32 Å². The van der Waals surface area contributed by atoms with Gasteiger partial charge in [-0.05, 0) is 68.7 Å². The van der Waals surface area contributed by atoms with Crippen LogP contribution in [0.4, 0.5) is 0 Å². The van der Waals surface area contributed by atoms with Gasteiger partial charge in [0.2, 0.25) is 0 Å². The summed E-state index contributed by atoms with van der Waals surface area (Å²) in [5.41, 5.74) is 4.69. The second-order valence-corrected chi connectivity index (χ2v) is 5.43. The van der Waals surface area contributed by atoms with Gasteiger partial charge in [-0.2, -0.15) is 0 Å². The second kappa shape index (κ2) is 3.59. The molecule has 0 saturated carbocycles. The van der Waals surface area contributed by atoms with Crippen LogP contribution in [-0.2, 0) is 5.41 Å². The van der Waals surface area contributed by atoms with Gasteiger partial charge in [-0.25, -0.2) is 0 Å². The molecule has 1 spiro atoms. The maximum atomic E-state index is 6.28. The van der Waals surface area contributed by atoms with Gasteiger partial charge in [-0.15, -0.1) is 0 Å². The van der Waals surface area contributed by atoms with Crippen LogP contribution in [0.25, 0.3) is 0 Å². The largest absolute Gasteiger partial charge is 0.317 e. The highest BCUT2D eigenvalue weighted by molar-refractivity contribution is 5.45. The van der Waals surface area contributed by atoms with Crippen LogP contribution in [0, 0.1) is 13.8 Å². The Morgan fingerprint density at radius 3 is 2.81 bits per heavy atom. The van der Waals surface area contributed by atoms with E-state index in [9.17, 15) is 0 Å². The van der Waals surface area contributed by atoms with Crippen LogP contribution < -0.4 is 5.32 Å². The molecule has 84 valence electrons. The molecule has 1 heterocycles. The zero-order valence-corrected chi connectivity index (χ0v) is 9.92. The number of rotatable bonds is 0. The van der Waals surface area contributed by atoms with Crippen LogP contribution in [0.2, 0.25) is 0 Å². The highest BCUT2D eigenvalue weighted by Gasteiger charge is 2.42. The lowest BCUT2D eigenvalue weighted by atomic mass is 9.73. The maximum Gasteiger partial charge on any atom is -0.00140 e. The minimum absolute atomic E-state index is 0.258. The molecule has 1 aromatic carbocycles. The molecule has 1 unspecified atom stereocenters. The molecular formula is C15H19N. The number of hydrogen-bond donors (Lipinski definition) is 1. The molecule has 1 fully saturated rings. The van der Waals surface area contributed by atoms with Gasteiger partial charge in [-0.3, -0.25) is 0 Å². The molecule has 0 aromatic heterocycles. The van der Waals surface area contributed by atoms with E-state index in [1.165, 1.54) is 24.0 Å². The molecule has 1 atom stereocenters. The van der Waals surface area contributed by atoms with Crippen molar-refractivity contribution in [3.8, 4) is 0 Å². The first-order chi connectivity index (χ1) is 7.71. The Bertz CT molecular complexity index is 402. The van der Waals surface area contributed by atoms with Gasteiger partial charge in [0.1, 0.15) is 0 Å². The number of piperidine rings is 1. The fourth-order valence-corrected chi connectivity index (χ4v) is 3.47. The minimum Gasteiger partial charge on any atom is -0.317 e. The van der Waals surface area contributed by atoms with Gasteiger partial charge in [-0.1, -0.05) is 23.8 Å². The summed E-state index contributed by atoms with van der Waals surface area (Å²) in [6.07, 6.45) is 3.64. The summed E-state index contributed by atoms with van der Waals surface area (Å²) in [6, 6.07) is 6.80. The molecule has 16 heavy (non-hydrogen) atoms. The Labute approximate surface area is 98.3 Å². The van der Waals surface area contributed by atoms with Gasteiger partial charge in [0.15, 0.2) is 0 Å². The summed E-state index contributed by atoms with van der Waals surface area (Å²) < 4.78 is 0. The van der Waals surface area contributed by atoms with E-state index in [4.69, 9.17) is 6.92 Å². The molecule has 2 aliphatic rings. The predicted molar refractivity (Wildman–Crippen MR) is 66.6 cm³/mol. The summed E-state index contributed by atoms with van der Waals surface area (Å²) in [5, 5.41) is 3.46. The summed E-state index contributed by atoms with van der Waals surface area (Å²) in [6.45, 7) is 10.7. The highest BCUT2D eigenvalue weighted by atomic mass is 14.9. The second-order valence-electron chi connectivity index (χ2n) is 5.43. The lowest BCUT2D eigenvalue weighted by molar-refractivity contribution is 0.300. The Morgan fingerprint density at radius 1 is 1.31 bits per heavy atom. The Balaban J connectivity index is 2.09. The molecule has 0 amide bonds. The number of aryl methyl sites for hydroxylation is 1. The van der Waals surface area contributed by atoms with Crippen molar-refractivity contribution >= 4 is 0 Å². The standard InChI is InChI=1S/C15H19N/c1-11-3-4-13-12(2)10-15(14(13)9-11)5-7-16-8-6-15/h2-4,9,12,16H,5-8,10H2,1H3. The Kier molecular flexibility index (Phi) is 2.32. The van der Waals surface area contributed by atoms with E-state index in [1.54, 1.807) is 5.56 Å². The molecule has 1 N–H and O–H groups in total. The first-order valence-corrected chi connectivity index (χ1v) is 6.29. The number of benzene rings is 1. The van der Waals surface area contributed by atoms with E-state index in [0.717, 1.165) is 19.5 Å². The topological polar surface area (TPSA) is 12.0 Å². The van der Waals surface area contributed by atoms with Crippen molar-refractivity contribution in [3.63, 3.8) is 0 Å². The minimum atomic E-state index is 0.258. The third-order valence-corrected chi connectivity index (χ3v) is 4.35. The van der Waals surface area contributed by atoms with E-state index < -0.39 is 0 Å². The van der Waals surface area contributed by atoms with Crippen molar-refractivity contribution in [1.29, 1.82) is 0 Å². The molecule has 1 heteroatoms. The molecule has 0 bridgehead atoms. The maximum absolute atomic E-state index is 6.28. The van der Waals surface area contributed by atoms with Gasteiger partial charge in [0, 0.05) is 0 Å². The Hall–Kier alpha value is -0.820. The summed E-state index contributed by atoms with van der Waals surface area (Å²) in [5.74, 6) is 0.258. The lowest BCUT2D eigenvalue weighted by Gasteiger charge is -2.35. The van der Waals surface area contributed by atoms with E-state index in [2.05, 4.69) is 30.4 Å². The summed E-state index contributed by atoms with van der Waals surface area (Å²) >= 11 is 0. The first-order valence-electron chi connectivity index (χ1n) is 6.29. The smallest absolute Gasteiger partial charge is 0.00140 e. The number of fused-ring (bicyclic) bond motifs is 2. The lowest BCUT2D eigenvalue weighted by Crippen LogP contribution is -2.38. The molecule has 2 radical (unpaired) electrons. The van der Waals surface area contributed by atoms with Crippen LogP contribution in [0.5, 0.6) is 0 Å². The van der Waals surface area contributed by atoms with Crippen molar-refractivity contribution in [1.82, 2.24) is 5.32 Å². The molecule has 1 saturated heterocycles. The molecule has 1 aliphatic heterocycles. The van der Waals surface area contributed by atoms with E-state index >= 15 is 0 Å². The van der Waals surface area contributed by atoms with Crippen molar-refractivity contribution in [2.24, 2.45) is 0 Å². The third-order valence-electron chi connectivity index (χ3n) is 4.35. The first kappa shape index (κ1) is 10.3. The van der Waals surface area contributed by atoms with Gasteiger partial charge in [0.25, 0.3) is 0 Å². The van der Waals surface area contributed by atoms with Crippen molar-refractivity contribution in [2.45, 2.75) is 37.5 Å². The van der Waals surface area contributed by atoms with E-state index in [0.29, 0.717) is 5.41 Å². The average molecular weight is 213 g/mol. The molecule has 3 rings (SSSR count). The zero-order chi connectivity index (χ0) is 11.2. The molecule has 1 aliphatic carbocycles.